The van der Waals surface area contributed by atoms with Gasteiger partial charge in [-0.2, -0.15) is 4.98 Å². The normalized spacial score (nSPS) is 11.9. The standard InChI is InChI=1S/C12H19N3O3/c1-3-18-11-8-13-7-10(15-11)14-9(2)5-4-6-12(16)17/h7-9H,3-6H2,1-2H3,(H,14,15)(H,16,17). The highest BCUT2D eigenvalue weighted by Crippen LogP contribution is 2.12. The summed E-state index contributed by atoms with van der Waals surface area (Å²) < 4.78 is 5.25. The van der Waals surface area contributed by atoms with Crippen LogP contribution in [-0.2, 0) is 4.79 Å². The Morgan fingerprint density at radius 1 is 1.56 bits per heavy atom. The lowest BCUT2D eigenvalue weighted by Crippen LogP contribution is -2.16. The molecule has 0 saturated heterocycles. The van der Waals surface area contributed by atoms with Crippen LogP contribution in [0.15, 0.2) is 12.4 Å². The van der Waals surface area contributed by atoms with Gasteiger partial charge < -0.3 is 15.2 Å². The van der Waals surface area contributed by atoms with Crippen LogP contribution in [0.4, 0.5) is 5.82 Å². The summed E-state index contributed by atoms with van der Waals surface area (Å²) in [6.07, 6.45) is 4.78. The molecular weight excluding hydrogens is 234 g/mol. The van der Waals surface area contributed by atoms with E-state index in [4.69, 9.17) is 9.84 Å². The average Bonchev–Trinajstić information content (AvgIpc) is 2.29. The zero-order valence-electron chi connectivity index (χ0n) is 10.7. The van der Waals surface area contributed by atoms with Crippen LogP contribution in [0.1, 0.15) is 33.1 Å². The number of carbonyl (C=O) groups is 1. The second kappa shape index (κ2) is 7.47. The van der Waals surface area contributed by atoms with Crippen LogP contribution in [-0.4, -0.2) is 33.7 Å². The van der Waals surface area contributed by atoms with Crippen molar-refractivity contribution in [3.8, 4) is 5.88 Å². The van der Waals surface area contributed by atoms with Crippen LogP contribution in [0.3, 0.4) is 0 Å². The molecule has 18 heavy (non-hydrogen) atoms. The molecule has 100 valence electrons. The van der Waals surface area contributed by atoms with E-state index in [0.29, 0.717) is 24.7 Å². The molecule has 0 amide bonds. The number of hydrogen-bond acceptors (Lipinski definition) is 5. The van der Waals surface area contributed by atoms with Gasteiger partial charge in [-0.3, -0.25) is 9.78 Å². The van der Waals surface area contributed by atoms with Crippen molar-refractivity contribution in [3.63, 3.8) is 0 Å². The van der Waals surface area contributed by atoms with Crippen molar-refractivity contribution in [2.24, 2.45) is 0 Å². The minimum atomic E-state index is -0.764. The maximum Gasteiger partial charge on any atom is 0.303 e. The lowest BCUT2D eigenvalue weighted by atomic mass is 10.1. The number of rotatable bonds is 8. The summed E-state index contributed by atoms with van der Waals surface area (Å²) in [7, 11) is 0. The molecule has 1 unspecified atom stereocenters. The van der Waals surface area contributed by atoms with Gasteiger partial charge in [-0.05, 0) is 26.7 Å². The predicted molar refractivity (Wildman–Crippen MR) is 67.8 cm³/mol. The first-order valence-corrected chi connectivity index (χ1v) is 6.05. The number of ether oxygens (including phenoxy) is 1. The number of nitrogens with one attached hydrogen (secondary N) is 1. The van der Waals surface area contributed by atoms with Gasteiger partial charge in [-0.15, -0.1) is 0 Å². The summed E-state index contributed by atoms with van der Waals surface area (Å²) in [5.74, 6) is 0.365. The molecule has 0 aliphatic rings. The van der Waals surface area contributed by atoms with E-state index in [2.05, 4.69) is 15.3 Å². The number of anilines is 1. The highest BCUT2D eigenvalue weighted by Gasteiger charge is 2.06. The molecule has 1 aromatic heterocycles. The van der Waals surface area contributed by atoms with Gasteiger partial charge in [0.1, 0.15) is 5.82 Å². The molecule has 0 saturated carbocycles. The molecule has 0 aromatic carbocycles. The third kappa shape index (κ3) is 5.47. The first-order valence-electron chi connectivity index (χ1n) is 6.05. The molecule has 1 rings (SSSR count). The lowest BCUT2D eigenvalue weighted by molar-refractivity contribution is -0.137. The van der Waals surface area contributed by atoms with E-state index in [-0.39, 0.29) is 12.5 Å². The van der Waals surface area contributed by atoms with E-state index in [1.54, 1.807) is 12.4 Å². The predicted octanol–water partition coefficient (Wildman–Crippen LogP) is 1.93. The van der Waals surface area contributed by atoms with Crippen molar-refractivity contribution >= 4 is 11.8 Å². The van der Waals surface area contributed by atoms with Crippen molar-refractivity contribution in [1.29, 1.82) is 0 Å². The first-order chi connectivity index (χ1) is 8.61. The molecule has 1 atom stereocenters. The van der Waals surface area contributed by atoms with Gasteiger partial charge in [0, 0.05) is 12.5 Å². The molecule has 0 spiro atoms. The fourth-order valence-corrected chi connectivity index (χ4v) is 1.52. The molecule has 0 fully saturated rings. The third-order valence-electron chi connectivity index (χ3n) is 2.33. The number of carboxylic acid groups (broad SMARTS) is 1. The van der Waals surface area contributed by atoms with E-state index in [1.165, 1.54) is 0 Å². The van der Waals surface area contributed by atoms with Crippen LogP contribution in [0, 0.1) is 0 Å². The van der Waals surface area contributed by atoms with Crippen LogP contribution in [0.5, 0.6) is 5.88 Å². The summed E-state index contributed by atoms with van der Waals surface area (Å²) in [5.41, 5.74) is 0. The Kier molecular flexibility index (Phi) is 5.90. The fraction of sp³-hybridized carbons (Fsp3) is 0.583. The Bertz CT molecular complexity index is 385. The van der Waals surface area contributed by atoms with E-state index in [9.17, 15) is 4.79 Å². The van der Waals surface area contributed by atoms with Crippen molar-refractivity contribution < 1.29 is 14.6 Å². The molecule has 6 nitrogen and oxygen atoms in total. The van der Waals surface area contributed by atoms with Gasteiger partial charge in [0.05, 0.1) is 19.0 Å². The summed E-state index contributed by atoms with van der Waals surface area (Å²) in [5, 5.41) is 11.7. The Morgan fingerprint density at radius 3 is 3.00 bits per heavy atom. The second-order valence-corrected chi connectivity index (χ2v) is 4.01. The topological polar surface area (TPSA) is 84.3 Å². The average molecular weight is 253 g/mol. The van der Waals surface area contributed by atoms with Gasteiger partial charge in [-0.1, -0.05) is 0 Å². The Labute approximate surface area is 106 Å². The number of aromatic nitrogens is 2. The molecule has 0 aliphatic heterocycles. The monoisotopic (exact) mass is 253 g/mol. The second-order valence-electron chi connectivity index (χ2n) is 4.01. The van der Waals surface area contributed by atoms with Gasteiger partial charge in [-0.25, -0.2) is 0 Å². The van der Waals surface area contributed by atoms with E-state index in [0.717, 1.165) is 6.42 Å². The van der Waals surface area contributed by atoms with Gasteiger partial charge >= 0.3 is 5.97 Å². The molecule has 6 heteroatoms. The molecule has 1 heterocycles. The quantitative estimate of drug-likeness (QED) is 0.736. The minimum Gasteiger partial charge on any atom is -0.481 e. The highest BCUT2D eigenvalue weighted by atomic mass is 16.5. The molecular formula is C12H19N3O3. The Balaban J connectivity index is 2.40. The maximum absolute atomic E-state index is 10.4. The van der Waals surface area contributed by atoms with Crippen molar-refractivity contribution in [2.75, 3.05) is 11.9 Å². The SMILES string of the molecule is CCOc1cncc(NC(C)CCCC(=O)O)n1. The van der Waals surface area contributed by atoms with E-state index < -0.39 is 5.97 Å². The third-order valence-corrected chi connectivity index (χ3v) is 2.33. The largest absolute Gasteiger partial charge is 0.481 e. The van der Waals surface area contributed by atoms with Gasteiger partial charge in [0.2, 0.25) is 5.88 Å². The molecule has 0 radical (unpaired) electrons. The minimum absolute atomic E-state index is 0.149. The number of nitrogens with zero attached hydrogens (tertiary/aromatic N) is 2. The van der Waals surface area contributed by atoms with Gasteiger partial charge in [0.25, 0.3) is 0 Å². The maximum atomic E-state index is 10.4. The first kappa shape index (κ1) is 14.2. The summed E-state index contributed by atoms with van der Waals surface area (Å²) in [6, 6.07) is 0.149. The lowest BCUT2D eigenvalue weighted by Gasteiger charge is -2.14. The molecule has 0 aliphatic carbocycles. The number of carboxylic acids is 1. The van der Waals surface area contributed by atoms with Crippen LogP contribution >= 0.6 is 0 Å². The van der Waals surface area contributed by atoms with Crippen molar-refractivity contribution in [1.82, 2.24) is 9.97 Å². The number of aliphatic carboxylic acids is 1. The Hall–Kier alpha value is -1.85. The zero-order chi connectivity index (χ0) is 13.4. The molecule has 2 N–H and O–H groups in total. The smallest absolute Gasteiger partial charge is 0.303 e. The van der Waals surface area contributed by atoms with E-state index in [1.807, 2.05) is 13.8 Å². The van der Waals surface area contributed by atoms with Crippen LogP contribution in [0.2, 0.25) is 0 Å². The van der Waals surface area contributed by atoms with Gasteiger partial charge in [0.15, 0.2) is 0 Å². The van der Waals surface area contributed by atoms with Crippen molar-refractivity contribution in [3.05, 3.63) is 12.4 Å². The fourth-order valence-electron chi connectivity index (χ4n) is 1.52. The summed E-state index contributed by atoms with van der Waals surface area (Å²) in [6.45, 7) is 4.42. The summed E-state index contributed by atoms with van der Waals surface area (Å²) in [4.78, 5) is 18.7. The van der Waals surface area contributed by atoms with Crippen LogP contribution in [0.25, 0.3) is 0 Å². The number of hydrogen-bond donors (Lipinski definition) is 2. The molecule has 0 bridgehead atoms. The highest BCUT2D eigenvalue weighted by molar-refractivity contribution is 5.66. The summed E-state index contributed by atoms with van der Waals surface area (Å²) >= 11 is 0. The Morgan fingerprint density at radius 2 is 2.33 bits per heavy atom. The van der Waals surface area contributed by atoms with Crippen molar-refractivity contribution in [2.45, 2.75) is 39.2 Å². The van der Waals surface area contributed by atoms with Crippen LogP contribution < -0.4 is 10.1 Å². The molecule has 1 aromatic rings. The zero-order valence-corrected chi connectivity index (χ0v) is 10.7. The van der Waals surface area contributed by atoms with E-state index >= 15 is 0 Å².